The zero-order valence-electron chi connectivity index (χ0n) is 27.2. The number of allylic oxidation sites excluding steroid dienone is 2. The summed E-state index contributed by atoms with van der Waals surface area (Å²) in [7, 11) is 0. The number of hydrogen-bond donors (Lipinski definition) is 0. The van der Waals surface area contributed by atoms with Crippen LogP contribution < -0.4 is 0 Å². The summed E-state index contributed by atoms with van der Waals surface area (Å²) in [5.41, 5.74) is 13.5. The fourth-order valence-corrected chi connectivity index (χ4v) is 8.11. The zero-order chi connectivity index (χ0) is 33.8. The Labute approximate surface area is 290 Å². The normalized spacial score (nSPS) is 13.1. The molecule has 0 amide bonds. The molecular formula is C45H29N5. The van der Waals surface area contributed by atoms with E-state index in [0.29, 0.717) is 22.3 Å². The van der Waals surface area contributed by atoms with Crippen LogP contribution in [0.4, 0.5) is 0 Å². The van der Waals surface area contributed by atoms with Gasteiger partial charge in [0, 0.05) is 38.9 Å². The van der Waals surface area contributed by atoms with E-state index in [4.69, 9.17) is 0 Å². The van der Waals surface area contributed by atoms with Gasteiger partial charge in [-0.05, 0) is 90.9 Å². The van der Waals surface area contributed by atoms with Crippen molar-refractivity contribution in [2.45, 2.75) is 25.7 Å². The highest BCUT2D eigenvalue weighted by atomic mass is 15.0. The van der Waals surface area contributed by atoms with Crippen molar-refractivity contribution in [3.8, 4) is 51.8 Å². The lowest BCUT2D eigenvalue weighted by Gasteiger charge is -2.21. The Bertz CT molecular complexity index is 2750. The smallest absolute Gasteiger partial charge is 0.102 e. The molecule has 5 nitrogen and oxygen atoms in total. The highest BCUT2D eigenvalue weighted by Crippen LogP contribution is 2.44. The maximum Gasteiger partial charge on any atom is 0.102 e. The summed E-state index contributed by atoms with van der Waals surface area (Å²) >= 11 is 0. The summed E-state index contributed by atoms with van der Waals surface area (Å²) in [5, 5.41) is 33.5. The minimum atomic E-state index is 0.453. The van der Waals surface area contributed by atoms with Crippen LogP contribution in [0.15, 0.2) is 115 Å². The van der Waals surface area contributed by atoms with Crippen LogP contribution in [-0.2, 0) is 12.8 Å². The molecule has 2 aliphatic carbocycles. The Morgan fingerprint density at radius 1 is 0.560 bits per heavy atom. The van der Waals surface area contributed by atoms with Gasteiger partial charge in [0.15, 0.2) is 0 Å². The van der Waals surface area contributed by atoms with Crippen LogP contribution in [-0.4, -0.2) is 9.13 Å². The first-order valence-corrected chi connectivity index (χ1v) is 16.9. The number of nitrogens with zero attached hydrogens (tertiary/aromatic N) is 5. The molecule has 2 aliphatic rings. The van der Waals surface area contributed by atoms with Crippen LogP contribution in [0.3, 0.4) is 0 Å². The second-order valence-corrected chi connectivity index (χ2v) is 12.8. The first-order chi connectivity index (χ1) is 24.7. The van der Waals surface area contributed by atoms with Gasteiger partial charge in [0.2, 0.25) is 0 Å². The number of nitriles is 3. The van der Waals surface area contributed by atoms with Gasteiger partial charge >= 0.3 is 0 Å². The fourth-order valence-electron chi connectivity index (χ4n) is 8.11. The molecule has 234 valence electrons. The Kier molecular flexibility index (Phi) is 6.84. The van der Waals surface area contributed by atoms with E-state index < -0.39 is 0 Å². The van der Waals surface area contributed by atoms with E-state index in [-0.39, 0.29) is 0 Å². The number of aryl methyl sites for hydroxylation is 1. The minimum Gasteiger partial charge on any atom is -0.312 e. The van der Waals surface area contributed by atoms with Crippen molar-refractivity contribution in [2.75, 3.05) is 0 Å². The Morgan fingerprint density at radius 2 is 1.30 bits per heavy atom. The fraction of sp³-hybridized carbons (Fsp3) is 0.0889. The first-order valence-electron chi connectivity index (χ1n) is 16.9. The molecule has 0 bridgehead atoms. The summed E-state index contributed by atoms with van der Waals surface area (Å²) in [6.45, 7) is 0. The van der Waals surface area contributed by atoms with Crippen molar-refractivity contribution in [3.63, 3.8) is 0 Å². The van der Waals surface area contributed by atoms with Crippen LogP contribution in [0, 0.1) is 34.0 Å². The third-order valence-corrected chi connectivity index (χ3v) is 10.2. The number of fused-ring (bicyclic) bond motifs is 6. The lowest BCUT2D eigenvalue weighted by Crippen LogP contribution is -2.06. The second-order valence-electron chi connectivity index (χ2n) is 12.8. The molecule has 50 heavy (non-hydrogen) atoms. The molecule has 0 saturated heterocycles. The first kappa shape index (κ1) is 29.3. The molecule has 5 aromatic carbocycles. The Balaban J connectivity index is 1.32. The van der Waals surface area contributed by atoms with E-state index in [1.165, 1.54) is 16.6 Å². The number of rotatable bonds is 4. The molecule has 0 N–H and O–H groups in total. The standard InChI is InChI=1S/C45H29N5/c46-26-29-21-23-43-37(25-29)35-15-6-10-20-42(35)49(43)39-17-7-3-12-32(39)31-11-1-2-16-36(31)45-30(27-47)22-24-44(38(45)28-48)50-40-18-8-4-13-33(40)34-14-5-9-19-41(34)50/h1-4,6-9,11-13,15-19,21-25H,5,10,14,20H2. The molecule has 0 fully saturated rings. The van der Waals surface area contributed by atoms with E-state index in [1.807, 2.05) is 60.7 Å². The van der Waals surface area contributed by atoms with Crippen molar-refractivity contribution in [1.29, 1.82) is 15.8 Å². The molecule has 2 aromatic heterocycles. The lowest BCUT2D eigenvalue weighted by molar-refractivity contribution is 0.889. The van der Waals surface area contributed by atoms with E-state index in [0.717, 1.165) is 81.4 Å². The van der Waals surface area contributed by atoms with E-state index in [2.05, 4.69) is 94.1 Å². The van der Waals surface area contributed by atoms with Gasteiger partial charge in [-0.25, -0.2) is 0 Å². The van der Waals surface area contributed by atoms with Crippen molar-refractivity contribution in [1.82, 2.24) is 9.13 Å². The van der Waals surface area contributed by atoms with Crippen LogP contribution in [0.2, 0.25) is 0 Å². The monoisotopic (exact) mass is 639 g/mol. The quantitative estimate of drug-likeness (QED) is 0.192. The van der Waals surface area contributed by atoms with Crippen molar-refractivity contribution in [2.24, 2.45) is 0 Å². The van der Waals surface area contributed by atoms with E-state index in [1.54, 1.807) is 0 Å². The van der Waals surface area contributed by atoms with Gasteiger partial charge in [-0.1, -0.05) is 78.9 Å². The average molecular weight is 640 g/mol. The van der Waals surface area contributed by atoms with Gasteiger partial charge in [-0.15, -0.1) is 0 Å². The average Bonchev–Trinajstić information content (AvgIpc) is 3.69. The highest BCUT2D eigenvalue weighted by Gasteiger charge is 2.26. The molecule has 9 rings (SSSR count). The summed E-state index contributed by atoms with van der Waals surface area (Å²) < 4.78 is 4.53. The van der Waals surface area contributed by atoms with Crippen molar-refractivity contribution in [3.05, 3.63) is 154 Å². The van der Waals surface area contributed by atoms with Gasteiger partial charge in [0.05, 0.1) is 51.2 Å². The molecule has 0 radical (unpaired) electrons. The summed E-state index contributed by atoms with van der Waals surface area (Å²) in [5.74, 6) is 0. The molecule has 0 saturated carbocycles. The summed E-state index contributed by atoms with van der Waals surface area (Å²) in [6, 6.07) is 41.8. The molecule has 5 heteroatoms. The second kappa shape index (κ2) is 11.7. The third kappa shape index (κ3) is 4.30. The van der Waals surface area contributed by atoms with Crippen LogP contribution >= 0.6 is 0 Å². The summed E-state index contributed by atoms with van der Waals surface area (Å²) in [4.78, 5) is 0. The highest BCUT2D eigenvalue weighted by molar-refractivity contribution is 5.98. The molecule has 0 atom stereocenters. The molecular weight excluding hydrogens is 611 g/mol. The number of aromatic nitrogens is 2. The van der Waals surface area contributed by atoms with E-state index in [9.17, 15) is 15.8 Å². The lowest BCUT2D eigenvalue weighted by atomic mass is 9.87. The number of para-hydroxylation sites is 2. The molecule has 7 aromatic rings. The predicted octanol–water partition coefficient (Wildman–Crippen LogP) is 10.4. The van der Waals surface area contributed by atoms with Gasteiger partial charge in [0.25, 0.3) is 0 Å². The minimum absolute atomic E-state index is 0.453. The van der Waals surface area contributed by atoms with Gasteiger partial charge in [0.1, 0.15) is 6.07 Å². The predicted molar refractivity (Wildman–Crippen MR) is 200 cm³/mol. The largest absolute Gasteiger partial charge is 0.312 e. The number of benzene rings is 5. The maximum absolute atomic E-state index is 11.0. The van der Waals surface area contributed by atoms with Crippen LogP contribution in [0.5, 0.6) is 0 Å². The van der Waals surface area contributed by atoms with Gasteiger partial charge in [-0.3, -0.25) is 0 Å². The number of hydrogen-bond acceptors (Lipinski definition) is 3. The van der Waals surface area contributed by atoms with Crippen molar-refractivity contribution >= 4 is 34.0 Å². The maximum atomic E-state index is 11.0. The molecule has 0 spiro atoms. The van der Waals surface area contributed by atoms with Crippen molar-refractivity contribution < 1.29 is 0 Å². The van der Waals surface area contributed by atoms with Gasteiger partial charge in [-0.2, -0.15) is 15.8 Å². The van der Waals surface area contributed by atoms with Crippen LogP contribution in [0.1, 0.15) is 52.0 Å². The van der Waals surface area contributed by atoms with Crippen LogP contribution in [0.25, 0.3) is 67.6 Å². The Morgan fingerprint density at radius 3 is 2.14 bits per heavy atom. The zero-order valence-corrected chi connectivity index (χ0v) is 27.2. The topological polar surface area (TPSA) is 81.2 Å². The SMILES string of the molecule is N#Cc1ccc2c(c1)c1c(n2-c2ccccc2-c2ccccc2-c2c(C#N)ccc(-n3c4c(c5ccccc53)CCC=C4)c2C#N)CCC=C1. The molecule has 0 aliphatic heterocycles. The third-order valence-electron chi connectivity index (χ3n) is 10.2. The van der Waals surface area contributed by atoms with Gasteiger partial charge < -0.3 is 9.13 Å². The summed E-state index contributed by atoms with van der Waals surface area (Å²) in [6.07, 6.45) is 12.5. The molecule has 0 unspecified atom stereocenters. The molecule has 2 heterocycles. The Hall–Kier alpha value is -6.87. The van der Waals surface area contributed by atoms with E-state index >= 15 is 0 Å².